The van der Waals surface area contributed by atoms with Gasteiger partial charge < -0.3 is 19.6 Å². The van der Waals surface area contributed by atoms with Crippen LogP contribution in [0.1, 0.15) is 26.2 Å². The topological polar surface area (TPSA) is 112 Å². The molecule has 1 amide bonds. The lowest BCUT2D eigenvalue weighted by Crippen LogP contribution is -2.43. The van der Waals surface area contributed by atoms with Crippen LogP contribution in [0.3, 0.4) is 0 Å². The number of nitrogens with one attached hydrogen (secondary N) is 1. The normalized spacial score (nSPS) is 17.8. The van der Waals surface area contributed by atoms with Gasteiger partial charge in [0.25, 0.3) is 0 Å². The van der Waals surface area contributed by atoms with Gasteiger partial charge in [-0.05, 0) is 49.8 Å². The summed E-state index contributed by atoms with van der Waals surface area (Å²) in [6.07, 6.45) is 7.69. The summed E-state index contributed by atoms with van der Waals surface area (Å²) in [4.78, 5) is 19.9. The van der Waals surface area contributed by atoms with Crippen molar-refractivity contribution in [1.29, 1.82) is 0 Å². The number of aromatic amines is 1. The Balaban J connectivity index is 1.28. The van der Waals surface area contributed by atoms with Gasteiger partial charge in [-0.25, -0.2) is 14.3 Å². The van der Waals surface area contributed by atoms with E-state index in [9.17, 15) is 9.90 Å². The van der Waals surface area contributed by atoms with Gasteiger partial charge in [-0.2, -0.15) is 5.10 Å². The largest absolute Gasteiger partial charge is 0.492 e. The Bertz CT molecular complexity index is 1350. The zero-order chi connectivity index (χ0) is 23.3. The zero-order valence-corrected chi connectivity index (χ0v) is 19.1. The molecule has 0 unspecified atom stereocenters. The number of likely N-dealkylation sites (tertiary alicyclic amines) is 1. The van der Waals surface area contributed by atoms with Crippen molar-refractivity contribution >= 4 is 28.5 Å². The lowest BCUT2D eigenvalue weighted by atomic mass is 9.78. The lowest BCUT2D eigenvalue weighted by molar-refractivity contribution is 0.0986. The van der Waals surface area contributed by atoms with Gasteiger partial charge in [0, 0.05) is 43.5 Å². The van der Waals surface area contributed by atoms with Crippen molar-refractivity contribution < 1.29 is 14.6 Å². The number of aromatic nitrogens is 5. The number of pyridine rings is 2. The Morgan fingerprint density at radius 2 is 2.03 bits per heavy atom. The van der Waals surface area contributed by atoms with Gasteiger partial charge in [-0.15, -0.1) is 5.10 Å². The molecule has 0 bridgehead atoms. The number of carbonyl (C=O) groups is 1. The molecule has 0 saturated carbocycles. The van der Waals surface area contributed by atoms with Crippen LogP contribution in [0.5, 0.6) is 5.75 Å². The number of fused-ring (bicyclic) bond motifs is 3. The molecule has 0 aliphatic carbocycles. The monoisotopic (exact) mass is 461 g/mol. The molecule has 2 aliphatic heterocycles. The second kappa shape index (κ2) is 7.89. The maximum absolute atomic E-state index is 11.3. The van der Waals surface area contributed by atoms with E-state index in [1.807, 2.05) is 29.9 Å². The maximum Gasteiger partial charge on any atom is 0.407 e. The smallest absolute Gasteiger partial charge is 0.407 e. The molecule has 0 atom stereocenters. The van der Waals surface area contributed by atoms with Crippen LogP contribution < -0.4 is 9.64 Å². The first-order valence-electron chi connectivity index (χ1n) is 11.7. The SMILES string of the molecule is CCOc1cc(-c2ccc(N3CCC4(CCN(C(=O)O)CC4)C3)nc2)c2c3cn[nH]c3nn2c1. The van der Waals surface area contributed by atoms with E-state index in [0.717, 1.165) is 71.6 Å². The van der Waals surface area contributed by atoms with E-state index in [1.54, 1.807) is 6.20 Å². The van der Waals surface area contributed by atoms with Crippen molar-refractivity contribution in [3.8, 4) is 16.9 Å². The fraction of sp³-hybridized carbons (Fsp3) is 0.417. The summed E-state index contributed by atoms with van der Waals surface area (Å²) in [6.45, 7) is 5.65. The minimum Gasteiger partial charge on any atom is -0.492 e. The number of amides is 1. The number of anilines is 1. The van der Waals surface area contributed by atoms with Crippen molar-refractivity contribution in [2.45, 2.75) is 26.2 Å². The first kappa shape index (κ1) is 20.8. The molecule has 176 valence electrons. The van der Waals surface area contributed by atoms with Gasteiger partial charge in [0.2, 0.25) is 0 Å². The second-order valence-electron chi connectivity index (χ2n) is 9.29. The summed E-state index contributed by atoms with van der Waals surface area (Å²) in [5.74, 6) is 1.71. The highest BCUT2D eigenvalue weighted by Gasteiger charge is 2.41. The van der Waals surface area contributed by atoms with E-state index in [1.165, 1.54) is 4.90 Å². The van der Waals surface area contributed by atoms with E-state index in [2.05, 4.69) is 32.3 Å². The Kier molecular flexibility index (Phi) is 4.82. The zero-order valence-electron chi connectivity index (χ0n) is 19.1. The summed E-state index contributed by atoms with van der Waals surface area (Å²) in [5.41, 5.74) is 3.87. The van der Waals surface area contributed by atoms with Gasteiger partial charge in [0.15, 0.2) is 5.65 Å². The molecule has 4 aromatic rings. The third kappa shape index (κ3) is 3.41. The number of carboxylic acid groups (broad SMARTS) is 1. The Morgan fingerprint density at radius 3 is 2.76 bits per heavy atom. The Labute approximate surface area is 196 Å². The predicted molar refractivity (Wildman–Crippen MR) is 127 cm³/mol. The third-order valence-corrected chi connectivity index (χ3v) is 7.33. The summed E-state index contributed by atoms with van der Waals surface area (Å²) in [6, 6.07) is 6.21. The van der Waals surface area contributed by atoms with Crippen molar-refractivity contribution in [3.63, 3.8) is 0 Å². The van der Waals surface area contributed by atoms with E-state index in [4.69, 9.17) is 9.72 Å². The fourth-order valence-electron chi connectivity index (χ4n) is 5.45. The Hall–Kier alpha value is -3.82. The van der Waals surface area contributed by atoms with Crippen molar-refractivity contribution in [2.24, 2.45) is 5.41 Å². The van der Waals surface area contributed by atoms with Crippen LogP contribution in [0.25, 0.3) is 27.7 Å². The molecule has 2 saturated heterocycles. The minimum absolute atomic E-state index is 0.189. The molecule has 2 fully saturated rings. The highest BCUT2D eigenvalue weighted by Crippen LogP contribution is 2.42. The molecule has 0 radical (unpaired) electrons. The molecule has 2 N–H and O–H groups in total. The van der Waals surface area contributed by atoms with E-state index in [0.29, 0.717) is 19.7 Å². The first-order valence-corrected chi connectivity index (χ1v) is 11.7. The summed E-state index contributed by atoms with van der Waals surface area (Å²) in [7, 11) is 0. The Morgan fingerprint density at radius 1 is 1.21 bits per heavy atom. The van der Waals surface area contributed by atoms with Gasteiger partial charge in [0.1, 0.15) is 11.6 Å². The minimum atomic E-state index is -0.810. The molecular weight excluding hydrogens is 434 g/mol. The average molecular weight is 462 g/mol. The molecular formula is C24H27N7O3. The number of nitrogens with zero attached hydrogens (tertiary/aromatic N) is 6. The average Bonchev–Trinajstić information content (AvgIpc) is 3.54. The van der Waals surface area contributed by atoms with Crippen LogP contribution in [-0.4, -0.2) is 73.7 Å². The van der Waals surface area contributed by atoms with E-state index >= 15 is 0 Å². The van der Waals surface area contributed by atoms with E-state index in [-0.39, 0.29) is 5.41 Å². The predicted octanol–water partition coefficient (Wildman–Crippen LogP) is 3.64. The fourth-order valence-corrected chi connectivity index (χ4v) is 5.45. The molecule has 4 aromatic heterocycles. The molecule has 0 aromatic carbocycles. The second-order valence-corrected chi connectivity index (χ2v) is 9.29. The molecule has 1 spiro atoms. The van der Waals surface area contributed by atoms with Crippen LogP contribution >= 0.6 is 0 Å². The van der Waals surface area contributed by atoms with Gasteiger partial charge in [-0.1, -0.05) is 0 Å². The summed E-state index contributed by atoms with van der Waals surface area (Å²) in [5, 5.41) is 21.9. The van der Waals surface area contributed by atoms with Crippen molar-refractivity contribution in [3.05, 3.63) is 36.8 Å². The van der Waals surface area contributed by atoms with Crippen molar-refractivity contribution in [2.75, 3.05) is 37.7 Å². The number of ether oxygens (including phenoxy) is 1. The van der Waals surface area contributed by atoms with Crippen LogP contribution in [0.15, 0.2) is 36.8 Å². The van der Waals surface area contributed by atoms with Gasteiger partial charge >= 0.3 is 6.09 Å². The quantitative estimate of drug-likeness (QED) is 0.477. The molecule has 34 heavy (non-hydrogen) atoms. The van der Waals surface area contributed by atoms with Gasteiger partial charge in [0.05, 0.1) is 29.9 Å². The number of rotatable bonds is 4. The van der Waals surface area contributed by atoms with E-state index < -0.39 is 6.09 Å². The van der Waals surface area contributed by atoms with Crippen LogP contribution in [-0.2, 0) is 0 Å². The number of hydrogen-bond acceptors (Lipinski definition) is 6. The molecule has 10 heteroatoms. The maximum atomic E-state index is 11.3. The standard InChI is InChI=1S/C24H27N7O3/c1-2-34-17-11-18(21-19-13-26-27-22(19)28-31(21)14-17)16-3-4-20(25-12-16)30-10-7-24(15-30)5-8-29(9-6-24)23(32)33/h3-4,11-14H,2,5-10,15H2,1H3,(H,27,28)(H,32,33). The first-order chi connectivity index (χ1) is 16.5. The molecule has 6 heterocycles. The number of H-pyrrole nitrogens is 1. The summed E-state index contributed by atoms with van der Waals surface area (Å²) < 4.78 is 7.62. The third-order valence-electron chi connectivity index (χ3n) is 7.33. The highest BCUT2D eigenvalue weighted by atomic mass is 16.5. The number of piperidine rings is 1. The van der Waals surface area contributed by atoms with Crippen LogP contribution in [0.2, 0.25) is 0 Å². The molecule has 2 aliphatic rings. The highest BCUT2D eigenvalue weighted by molar-refractivity contribution is 6.00. The summed E-state index contributed by atoms with van der Waals surface area (Å²) >= 11 is 0. The van der Waals surface area contributed by atoms with Gasteiger partial charge in [-0.3, -0.25) is 5.10 Å². The molecule has 10 nitrogen and oxygen atoms in total. The molecule has 6 rings (SSSR count). The van der Waals surface area contributed by atoms with Crippen LogP contribution in [0.4, 0.5) is 10.6 Å². The van der Waals surface area contributed by atoms with Crippen molar-refractivity contribution in [1.82, 2.24) is 29.7 Å². The lowest BCUT2D eigenvalue weighted by Gasteiger charge is -2.38. The van der Waals surface area contributed by atoms with Crippen LogP contribution in [0, 0.1) is 5.41 Å². The number of hydrogen-bond donors (Lipinski definition) is 2.